The molecule has 2 atom stereocenters. The Morgan fingerprint density at radius 1 is 1.60 bits per heavy atom. The Morgan fingerprint density at radius 3 is 2.80 bits per heavy atom. The largest absolute Gasteiger partial charge is 0.468 e. The minimum Gasteiger partial charge on any atom is -0.468 e. The second-order valence-electron chi connectivity index (χ2n) is 5.03. The van der Waals surface area contributed by atoms with Crippen LogP contribution >= 0.6 is 0 Å². The van der Waals surface area contributed by atoms with Crippen LogP contribution in [0.1, 0.15) is 31.6 Å². The number of nitrogens with one attached hydrogen (secondary N) is 1. The second-order valence-corrected chi connectivity index (χ2v) is 5.03. The quantitative estimate of drug-likeness (QED) is 0.798. The van der Waals surface area contributed by atoms with Crippen LogP contribution in [0.5, 0.6) is 0 Å². The molecule has 1 aromatic heterocycles. The van der Waals surface area contributed by atoms with Crippen molar-refractivity contribution in [1.29, 1.82) is 0 Å². The van der Waals surface area contributed by atoms with E-state index in [0.717, 1.165) is 18.7 Å². The van der Waals surface area contributed by atoms with Gasteiger partial charge in [0.1, 0.15) is 5.76 Å². The molecular weight excluding hydrogens is 190 g/mol. The van der Waals surface area contributed by atoms with Crippen molar-refractivity contribution in [2.45, 2.75) is 45.9 Å². The molecule has 2 N–H and O–H groups in total. The van der Waals surface area contributed by atoms with E-state index in [1.807, 2.05) is 13.0 Å². The van der Waals surface area contributed by atoms with Gasteiger partial charge >= 0.3 is 0 Å². The van der Waals surface area contributed by atoms with Crippen LogP contribution in [-0.2, 0) is 6.54 Å². The zero-order valence-electron chi connectivity index (χ0n) is 9.58. The number of aliphatic hydroxyl groups excluding tert-OH is 1. The van der Waals surface area contributed by atoms with Crippen LogP contribution in [0.25, 0.3) is 0 Å². The predicted molar refractivity (Wildman–Crippen MR) is 58.5 cm³/mol. The lowest BCUT2D eigenvalue weighted by atomic mass is 9.64. The van der Waals surface area contributed by atoms with Gasteiger partial charge < -0.3 is 14.8 Å². The molecular formula is C12H19NO2. The van der Waals surface area contributed by atoms with E-state index in [4.69, 9.17) is 4.42 Å². The van der Waals surface area contributed by atoms with Gasteiger partial charge in [0.15, 0.2) is 0 Å². The molecule has 1 aromatic rings. The number of hydrogen-bond acceptors (Lipinski definition) is 3. The highest BCUT2D eigenvalue weighted by atomic mass is 16.3. The first-order valence-corrected chi connectivity index (χ1v) is 5.46. The average molecular weight is 209 g/mol. The van der Waals surface area contributed by atoms with E-state index in [1.54, 1.807) is 6.26 Å². The van der Waals surface area contributed by atoms with Crippen molar-refractivity contribution in [1.82, 2.24) is 5.32 Å². The summed E-state index contributed by atoms with van der Waals surface area (Å²) in [6.45, 7) is 6.97. The third kappa shape index (κ3) is 1.82. The topological polar surface area (TPSA) is 45.4 Å². The first kappa shape index (κ1) is 10.7. The van der Waals surface area contributed by atoms with Crippen molar-refractivity contribution < 1.29 is 9.52 Å². The highest BCUT2D eigenvalue weighted by molar-refractivity contribution is 5.15. The van der Waals surface area contributed by atoms with Crippen LogP contribution in [0, 0.1) is 12.3 Å². The average Bonchev–Trinajstić information content (AvgIpc) is 2.58. The summed E-state index contributed by atoms with van der Waals surface area (Å²) in [6.07, 6.45) is 2.38. The minimum absolute atomic E-state index is 0.0134. The van der Waals surface area contributed by atoms with Gasteiger partial charge in [-0.05, 0) is 25.0 Å². The molecule has 3 heteroatoms. The van der Waals surface area contributed by atoms with E-state index >= 15 is 0 Å². The summed E-state index contributed by atoms with van der Waals surface area (Å²) in [7, 11) is 0. The van der Waals surface area contributed by atoms with Crippen LogP contribution in [0.15, 0.2) is 16.7 Å². The molecule has 0 bridgehead atoms. The standard InChI is InChI=1S/C12H19NO2/c1-8-4-5-15-9(8)7-13-10-6-11(14)12(10,2)3/h4-5,10-11,13-14H,6-7H2,1-3H3. The Bertz CT molecular complexity index is 343. The van der Waals surface area contributed by atoms with Crippen LogP contribution in [0.2, 0.25) is 0 Å². The molecule has 2 unspecified atom stereocenters. The van der Waals surface area contributed by atoms with E-state index in [1.165, 1.54) is 5.56 Å². The van der Waals surface area contributed by atoms with Crippen molar-refractivity contribution in [3.05, 3.63) is 23.7 Å². The Hall–Kier alpha value is -0.800. The molecule has 84 valence electrons. The molecule has 15 heavy (non-hydrogen) atoms. The summed E-state index contributed by atoms with van der Waals surface area (Å²) in [6, 6.07) is 2.36. The second kappa shape index (κ2) is 3.65. The summed E-state index contributed by atoms with van der Waals surface area (Å²) in [5, 5.41) is 13.0. The van der Waals surface area contributed by atoms with E-state index < -0.39 is 0 Å². The summed E-state index contributed by atoms with van der Waals surface area (Å²) < 4.78 is 5.35. The summed E-state index contributed by atoms with van der Waals surface area (Å²) in [5.74, 6) is 0.993. The highest BCUT2D eigenvalue weighted by Crippen LogP contribution is 2.40. The third-order valence-corrected chi connectivity index (χ3v) is 3.69. The number of rotatable bonds is 3. The Kier molecular flexibility index (Phi) is 2.61. The lowest BCUT2D eigenvalue weighted by Crippen LogP contribution is -2.59. The SMILES string of the molecule is Cc1ccoc1CNC1CC(O)C1(C)C. The van der Waals surface area contributed by atoms with Crippen molar-refractivity contribution in [3.8, 4) is 0 Å². The third-order valence-electron chi connectivity index (χ3n) is 3.69. The van der Waals surface area contributed by atoms with Gasteiger partial charge in [-0.25, -0.2) is 0 Å². The van der Waals surface area contributed by atoms with Gasteiger partial charge in [0.05, 0.1) is 18.9 Å². The fraction of sp³-hybridized carbons (Fsp3) is 0.667. The van der Waals surface area contributed by atoms with Gasteiger partial charge in [-0.1, -0.05) is 13.8 Å². The van der Waals surface area contributed by atoms with E-state index in [-0.39, 0.29) is 11.5 Å². The lowest BCUT2D eigenvalue weighted by Gasteiger charge is -2.49. The van der Waals surface area contributed by atoms with E-state index in [0.29, 0.717) is 6.04 Å². The zero-order valence-corrected chi connectivity index (χ0v) is 9.58. The number of aryl methyl sites for hydroxylation is 1. The van der Waals surface area contributed by atoms with Gasteiger partial charge in [0.25, 0.3) is 0 Å². The van der Waals surface area contributed by atoms with Gasteiger partial charge in [-0.3, -0.25) is 0 Å². The van der Waals surface area contributed by atoms with Crippen LogP contribution < -0.4 is 5.32 Å². The van der Waals surface area contributed by atoms with Gasteiger partial charge in [-0.2, -0.15) is 0 Å². The Balaban J connectivity index is 1.88. The van der Waals surface area contributed by atoms with Crippen molar-refractivity contribution >= 4 is 0 Å². The molecule has 0 saturated heterocycles. The predicted octanol–water partition coefficient (Wildman–Crippen LogP) is 1.84. The Labute approximate surface area is 90.5 Å². The van der Waals surface area contributed by atoms with Gasteiger partial charge in [0, 0.05) is 11.5 Å². The molecule has 0 amide bonds. The van der Waals surface area contributed by atoms with Gasteiger partial charge in [-0.15, -0.1) is 0 Å². The maximum atomic E-state index is 9.59. The van der Waals surface area contributed by atoms with Crippen molar-refractivity contribution in [3.63, 3.8) is 0 Å². The molecule has 0 radical (unpaired) electrons. The van der Waals surface area contributed by atoms with Gasteiger partial charge in [0.2, 0.25) is 0 Å². The zero-order chi connectivity index (χ0) is 11.1. The molecule has 0 aliphatic heterocycles. The Morgan fingerprint density at radius 2 is 2.33 bits per heavy atom. The highest BCUT2D eigenvalue weighted by Gasteiger charge is 2.46. The number of furan rings is 1. The number of aliphatic hydroxyl groups is 1. The minimum atomic E-state index is -0.173. The lowest BCUT2D eigenvalue weighted by molar-refractivity contribution is -0.0734. The molecule has 1 heterocycles. The van der Waals surface area contributed by atoms with Crippen molar-refractivity contribution in [2.24, 2.45) is 5.41 Å². The maximum Gasteiger partial charge on any atom is 0.120 e. The molecule has 2 rings (SSSR count). The van der Waals surface area contributed by atoms with Crippen molar-refractivity contribution in [2.75, 3.05) is 0 Å². The molecule has 1 saturated carbocycles. The molecule has 1 aliphatic carbocycles. The van der Waals surface area contributed by atoms with Crippen LogP contribution in [0.3, 0.4) is 0 Å². The first-order chi connectivity index (χ1) is 7.01. The van der Waals surface area contributed by atoms with E-state index in [9.17, 15) is 5.11 Å². The summed E-state index contributed by atoms with van der Waals surface area (Å²) >= 11 is 0. The van der Waals surface area contributed by atoms with Crippen LogP contribution in [0.4, 0.5) is 0 Å². The normalized spacial score (nSPS) is 28.8. The molecule has 1 aliphatic rings. The first-order valence-electron chi connectivity index (χ1n) is 5.46. The number of hydrogen-bond donors (Lipinski definition) is 2. The monoisotopic (exact) mass is 209 g/mol. The molecule has 3 nitrogen and oxygen atoms in total. The van der Waals surface area contributed by atoms with E-state index in [2.05, 4.69) is 19.2 Å². The van der Waals surface area contributed by atoms with Crippen LogP contribution in [-0.4, -0.2) is 17.3 Å². The fourth-order valence-corrected chi connectivity index (χ4v) is 2.05. The molecule has 0 spiro atoms. The molecule has 1 fully saturated rings. The maximum absolute atomic E-state index is 9.59. The summed E-state index contributed by atoms with van der Waals surface area (Å²) in [4.78, 5) is 0. The fourth-order valence-electron chi connectivity index (χ4n) is 2.05. The summed E-state index contributed by atoms with van der Waals surface area (Å²) in [5.41, 5.74) is 1.17. The molecule has 0 aromatic carbocycles. The smallest absolute Gasteiger partial charge is 0.120 e.